The van der Waals surface area contributed by atoms with Gasteiger partial charge in [-0.15, -0.1) is 11.6 Å². The number of halogens is 2. The van der Waals surface area contributed by atoms with Crippen LogP contribution in [0, 0.1) is 19.7 Å². The Morgan fingerprint density at radius 3 is 2.30 bits per heavy atom. The van der Waals surface area contributed by atoms with Crippen molar-refractivity contribution in [3.8, 4) is 5.75 Å². The van der Waals surface area contributed by atoms with Crippen LogP contribution in [0.2, 0.25) is 0 Å². The molecule has 0 saturated heterocycles. The molecule has 0 aliphatic rings. The third kappa shape index (κ3) is 3.13. The molecule has 0 heterocycles. The maximum Gasteiger partial charge on any atom is 0.126 e. The van der Waals surface area contributed by atoms with Gasteiger partial charge in [-0.2, -0.15) is 0 Å². The van der Waals surface area contributed by atoms with E-state index in [1.165, 1.54) is 6.07 Å². The van der Waals surface area contributed by atoms with Crippen LogP contribution in [0.5, 0.6) is 5.75 Å². The molecule has 0 saturated carbocycles. The number of hydrogen-bond donors (Lipinski definition) is 0. The van der Waals surface area contributed by atoms with Gasteiger partial charge in [-0.05, 0) is 48.6 Å². The number of alkyl halides is 1. The Hall–Kier alpha value is -1.54. The van der Waals surface area contributed by atoms with Crippen LogP contribution in [0.15, 0.2) is 36.4 Å². The Balaban J connectivity index is 2.26. The van der Waals surface area contributed by atoms with Gasteiger partial charge in [-0.3, -0.25) is 0 Å². The van der Waals surface area contributed by atoms with E-state index in [9.17, 15) is 4.39 Å². The molecule has 2 rings (SSSR count). The first kappa shape index (κ1) is 14.9. The molecule has 0 bridgehead atoms. The lowest BCUT2D eigenvalue weighted by Crippen LogP contribution is -2.01. The van der Waals surface area contributed by atoms with Crippen LogP contribution < -0.4 is 4.74 Å². The van der Waals surface area contributed by atoms with E-state index in [0.29, 0.717) is 12.0 Å². The SMILES string of the molecule is COc1c(C)cc(C(Cl)Cc2ccccc2F)cc1C. The van der Waals surface area contributed by atoms with Gasteiger partial charge in [0.1, 0.15) is 11.6 Å². The van der Waals surface area contributed by atoms with Gasteiger partial charge in [0, 0.05) is 0 Å². The minimum atomic E-state index is -0.254. The predicted octanol–water partition coefficient (Wildman–Crippen LogP) is 4.97. The molecule has 0 N–H and O–H groups in total. The molecule has 0 spiro atoms. The van der Waals surface area contributed by atoms with Crippen molar-refractivity contribution in [3.05, 3.63) is 64.5 Å². The Labute approximate surface area is 124 Å². The molecule has 3 heteroatoms. The quantitative estimate of drug-likeness (QED) is 0.723. The Bertz CT molecular complexity index is 587. The van der Waals surface area contributed by atoms with Crippen LogP contribution in [0.4, 0.5) is 4.39 Å². The maximum atomic E-state index is 13.7. The third-order valence-electron chi connectivity index (χ3n) is 3.41. The summed E-state index contributed by atoms with van der Waals surface area (Å²) in [5, 5.41) is -0.254. The van der Waals surface area contributed by atoms with Crippen LogP contribution in [-0.4, -0.2) is 7.11 Å². The van der Waals surface area contributed by atoms with Crippen molar-refractivity contribution in [1.29, 1.82) is 0 Å². The topological polar surface area (TPSA) is 9.23 Å². The molecule has 1 unspecified atom stereocenters. The highest BCUT2D eigenvalue weighted by Crippen LogP contribution is 2.32. The lowest BCUT2D eigenvalue weighted by Gasteiger charge is -2.15. The van der Waals surface area contributed by atoms with E-state index in [1.807, 2.05) is 32.0 Å². The zero-order chi connectivity index (χ0) is 14.7. The van der Waals surface area contributed by atoms with E-state index < -0.39 is 0 Å². The molecule has 1 nitrogen and oxygen atoms in total. The summed E-state index contributed by atoms with van der Waals surface area (Å²) in [6.07, 6.45) is 0.472. The zero-order valence-corrected chi connectivity index (χ0v) is 12.7. The summed E-state index contributed by atoms with van der Waals surface area (Å²) >= 11 is 6.44. The molecule has 2 aromatic rings. The average Bonchev–Trinajstić information content (AvgIpc) is 2.41. The third-order valence-corrected chi connectivity index (χ3v) is 3.81. The van der Waals surface area contributed by atoms with Gasteiger partial charge in [-0.25, -0.2) is 4.39 Å². The maximum absolute atomic E-state index is 13.7. The fourth-order valence-corrected chi connectivity index (χ4v) is 2.75. The molecule has 1 atom stereocenters. The monoisotopic (exact) mass is 292 g/mol. The van der Waals surface area contributed by atoms with Gasteiger partial charge in [0.2, 0.25) is 0 Å². The van der Waals surface area contributed by atoms with Crippen LogP contribution in [0.3, 0.4) is 0 Å². The lowest BCUT2D eigenvalue weighted by molar-refractivity contribution is 0.408. The van der Waals surface area contributed by atoms with Crippen LogP contribution in [0.25, 0.3) is 0 Å². The molecule has 0 radical (unpaired) electrons. The van der Waals surface area contributed by atoms with Crippen molar-refractivity contribution in [3.63, 3.8) is 0 Å². The predicted molar refractivity (Wildman–Crippen MR) is 81.2 cm³/mol. The van der Waals surface area contributed by atoms with Crippen LogP contribution >= 0.6 is 11.6 Å². The van der Waals surface area contributed by atoms with Crippen molar-refractivity contribution < 1.29 is 9.13 Å². The largest absolute Gasteiger partial charge is 0.496 e. The normalized spacial score (nSPS) is 12.2. The van der Waals surface area contributed by atoms with E-state index in [1.54, 1.807) is 19.2 Å². The average molecular weight is 293 g/mol. The second kappa shape index (κ2) is 6.27. The van der Waals surface area contributed by atoms with Crippen molar-refractivity contribution in [2.45, 2.75) is 25.6 Å². The number of rotatable bonds is 4. The van der Waals surface area contributed by atoms with E-state index in [4.69, 9.17) is 16.3 Å². The molecule has 0 amide bonds. The van der Waals surface area contributed by atoms with E-state index in [0.717, 1.165) is 22.4 Å². The van der Waals surface area contributed by atoms with Gasteiger partial charge >= 0.3 is 0 Å². The molecular weight excluding hydrogens is 275 g/mol. The summed E-state index contributed by atoms with van der Waals surface area (Å²) in [7, 11) is 1.66. The van der Waals surface area contributed by atoms with Gasteiger partial charge in [0.05, 0.1) is 12.5 Å². The summed E-state index contributed by atoms with van der Waals surface area (Å²) in [6.45, 7) is 3.98. The molecule has 0 aromatic heterocycles. The van der Waals surface area contributed by atoms with Crippen LogP contribution in [-0.2, 0) is 6.42 Å². The van der Waals surface area contributed by atoms with Gasteiger partial charge in [-0.1, -0.05) is 30.3 Å². The lowest BCUT2D eigenvalue weighted by atomic mass is 9.99. The summed E-state index contributed by atoms with van der Waals surface area (Å²) in [4.78, 5) is 0. The van der Waals surface area contributed by atoms with Crippen molar-refractivity contribution in [2.24, 2.45) is 0 Å². The highest BCUT2D eigenvalue weighted by molar-refractivity contribution is 6.21. The van der Waals surface area contributed by atoms with Crippen molar-refractivity contribution in [1.82, 2.24) is 0 Å². The number of hydrogen-bond acceptors (Lipinski definition) is 1. The number of methoxy groups -OCH3 is 1. The second-order valence-corrected chi connectivity index (χ2v) is 5.48. The van der Waals surface area contributed by atoms with Gasteiger partial charge in [0.25, 0.3) is 0 Å². The number of aryl methyl sites for hydroxylation is 2. The summed E-state index contributed by atoms with van der Waals surface area (Å²) in [5.41, 5.74) is 3.72. The first-order valence-electron chi connectivity index (χ1n) is 6.55. The minimum absolute atomic E-state index is 0.208. The molecule has 0 aliphatic heterocycles. The molecule has 20 heavy (non-hydrogen) atoms. The first-order chi connectivity index (χ1) is 9.52. The Kier molecular flexibility index (Phi) is 4.66. The minimum Gasteiger partial charge on any atom is -0.496 e. The first-order valence-corrected chi connectivity index (χ1v) is 6.99. The molecule has 106 valence electrons. The molecule has 2 aromatic carbocycles. The van der Waals surface area contributed by atoms with E-state index >= 15 is 0 Å². The molecular formula is C17H18ClFO. The Morgan fingerprint density at radius 2 is 1.75 bits per heavy atom. The second-order valence-electron chi connectivity index (χ2n) is 4.95. The van der Waals surface area contributed by atoms with Crippen molar-refractivity contribution in [2.75, 3.05) is 7.11 Å². The summed E-state index contributed by atoms with van der Waals surface area (Å²) in [5.74, 6) is 0.670. The fourth-order valence-electron chi connectivity index (χ4n) is 2.46. The van der Waals surface area contributed by atoms with Gasteiger partial charge < -0.3 is 4.74 Å². The Morgan fingerprint density at radius 1 is 1.15 bits per heavy atom. The number of benzene rings is 2. The molecule has 0 fully saturated rings. The fraction of sp³-hybridized carbons (Fsp3) is 0.294. The molecule has 0 aliphatic carbocycles. The van der Waals surface area contributed by atoms with E-state index in [-0.39, 0.29) is 11.2 Å². The van der Waals surface area contributed by atoms with Crippen molar-refractivity contribution >= 4 is 11.6 Å². The van der Waals surface area contributed by atoms with Gasteiger partial charge in [0.15, 0.2) is 0 Å². The van der Waals surface area contributed by atoms with E-state index in [2.05, 4.69) is 0 Å². The highest BCUT2D eigenvalue weighted by Gasteiger charge is 2.14. The summed E-state index contributed by atoms with van der Waals surface area (Å²) < 4.78 is 19.0. The number of ether oxygens (including phenoxy) is 1. The smallest absolute Gasteiger partial charge is 0.126 e. The highest BCUT2D eigenvalue weighted by atomic mass is 35.5. The zero-order valence-electron chi connectivity index (χ0n) is 11.9. The summed E-state index contributed by atoms with van der Waals surface area (Å²) in [6, 6.07) is 10.8. The standard InChI is InChI=1S/C17H18ClFO/c1-11-8-14(9-12(2)17(11)20-3)15(18)10-13-6-4-5-7-16(13)19/h4-9,15H,10H2,1-3H3. The van der Waals surface area contributed by atoms with Crippen LogP contribution in [0.1, 0.15) is 27.6 Å².